The van der Waals surface area contributed by atoms with E-state index in [4.69, 9.17) is 14.2 Å². The third kappa shape index (κ3) is 4.45. The lowest BCUT2D eigenvalue weighted by Crippen LogP contribution is -2.70. The zero-order chi connectivity index (χ0) is 20.4. The lowest BCUT2D eigenvalue weighted by molar-refractivity contribution is -0.113. The summed E-state index contributed by atoms with van der Waals surface area (Å²) in [6.45, 7) is 6.11. The van der Waals surface area contributed by atoms with Crippen molar-refractivity contribution < 1.29 is 18.6 Å². The van der Waals surface area contributed by atoms with Crippen LogP contribution in [-0.2, 0) is 14.2 Å². The van der Waals surface area contributed by atoms with Crippen LogP contribution in [0.3, 0.4) is 0 Å². The fourth-order valence-corrected chi connectivity index (χ4v) is 7.13. The molecule has 6 rings (SSSR count). The second-order valence-corrected chi connectivity index (χ2v) is 10.5. The van der Waals surface area contributed by atoms with Gasteiger partial charge in [0.2, 0.25) is 0 Å². The van der Waals surface area contributed by atoms with E-state index >= 15 is 0 Å². The Kier molecular flexibility index (Phi) is 6.97. The molecular weight excluding hydrogens is 383 g/mol. The maximum atomic E-state index is 14.8. The van der Waals surface area contributed by atoms with Gasteiger partial charge in [0.25, 0.3) is 0 Å². The third-order valence-corrected chi connectivity index (χ3v) is 8.74. The van der Waals surface area contributed by atoms with Crippen molar-refractivity contribution in [3.8, 4) is 0 Å². The number of rotatable bonds is 0. The molecule has 6 fully saturated rings. The van der Waals surface area contributed by atoms with Gasteiger partial charge in [-0.25, -0.2) is 4.39 Å². The first kappa shape index (κ1) is 21.6. The van der Waals surface area contributed by atoms with Crippen LogP contribution in [0.5, 0.6) is 0 Å². The molecule has 6 aliphatic rings. The quantitative estimate of drug-likeness (QED) is 0.646. The molecule has 0 aromatic carbocycles. The Morgan fingerprint density at radius 3 is 2.60 bits per heavy atom. The Bertz CT molecular complexity index is 545. The number of hydrogen-bond donors (Lipinski definition) is 1. The first-order valence-corrected chi connectivity index (χ1v) is 12.7. The molecule has 4 saturated heterocycles. The Morgan fingerprint density at radius 1 is 0.900 bits per heavy atom. The third-order valence-electron chi connectivity index (χ3n) is 8.74. The largest absolute Gasteiger partial charge is 0.378 e. The van der Waals surface area contributed by atoms with Gasteiger partial charge in [-0.15, -0.1) is 0 Å². The van der Waals surface area contributed by atoms with Crippen LogP contribution < -0.4 is 5.32 Å². The van der Waals surface area contributed by atoms with E-state index in [-0.39, 0.29) is 11.6 Å². The molecule has 2 bridgehead atoms. The maximum absolute atomic E-state index is 14.8. The van der Waals surface area contributed by atoms with Crippen molar-refractivity contribution in [2.24, 2.45) is 11.8 Å². The SMILES string of the molecule is FC1CCCC2C3CCC(CC3)OC[C@H]3N(CCCOC12)CCC[C@]31COCCN1. The summed E-state index contributed by atoms with van der Waals surface area (Å²) in [5.74, 6) is 1.02. The van der Waals surface area contributed by atoms with Crippen molar-refractivity contribution in [3.63, 3.8) is 0 Å². The van der Waals surface area contributed by atoms with Gasteiger partial charge in [-0.2, -0.15) is 0 Å². The van der Waals surface area contributed by atoms with Gasteiger partial charge >= 0.3 is 0 Å². The molecule has 1 spiro atoms. The molecular formula is C24H41FN2O3. The number of fused-ring (bicyclic) bond motifs is 6. The minimum Gasteiger partial charge on any atom is -0.378 e. The Morgan fingerprint density at radius 2 is 1.77 bits per heavy atom. The van der Waals surface area contributed by atoms with E-state index in [9.17, 15) is 4.39 Å². The van der Waals surface area contributed by atoms with Crippen LogP contribution in [-0.4, -0.2) is 80.9 Å². The standard InChI is InChI=1S/C24H41FN2O3/c25-21-5-1-4-20-18-6-8-19(9-7-18)30-16-22-24(17-28-15-11-26-24)10-2-12-27(22)13-3-14-29-23(20)21/h18-23,26H,1-17H2/t18?,19?,20?,21?,22-,23?,24+/m1/s1. The summed E-state index contributed by atoms with van der Waals surface area (Å²) in [6.07, 6.45) is 10.1. The van der Waals surface area contributed by atoms with Gasteiger partial charge in [-0.1, -0.05) is 6.42 Å². The number of nitrogens with zero attached hydrogens (tertiary/aromatic N) is 1. The van der Waals surface area contributed by atoms with E-state index in [0.717, 1.165) is 78.0 Å². The second-order valence-electron chi connectivity index (χ2n) is 10.5. The minimum absolute atomic E-state index is 0.0180. The number of nitrogens with one attached hydrogen (secondary N) is 1. The predicted octanol–water partition coefficient (Wildman–Crippen LogP) is 3.31. The first-order chi connectivity index (χ1) is 14.8. The van der Waals surface area contributed by atoms with Gasteiger partial charge in [0.15, 0.2) is 0 Å². The number of piperidine rings is 1. The van der Waals surface area contributed by atoms with E-state index in [0.29, 0.717) is 37.0 Å². The summed E-state index contributed by atoms with van der Waals surface area (Å²) in [5.41, 5.74) is 0.0180. The Hall–Kier alpha value is -0.270. The van der Waals surface area contributed by atoms with E-state index < -0.39 is 6.17 Å². The maximum Gasteiger partial charge on any atom is 0.126 e. The second kappa shape index (κ2) is 9.70. The summed E-state index contributed by atoms with van der Waals surface area (Å²) in [4.78, 5) is 2.61. The molecule has 1 N–H and O–H groups in total. The number of hydrogen-bond acceptors (Lipinski definition) is 5. The fraction of sp³-hybridized carbons (Fsp3) is 1.00. The summed E-state index contributed by atoms with van der Waals surface area (Å²) in [6, 6.07) is 0.351. The van der Waals surface area contributed by atoms with E-state index in [1.807, 2.05) is 0 Å². The van der Waals surface area contributed by atoms with Gasteiger partial charge in [0.05, 0.1) is 43.6 Å². The molecule has 30 heavy (non-hydrogen) atoms. The zero-order valence-electron chi connectivity index (χ0n) is 18.5. The summed E-state index contributed by atoms with van der Waals surface area (Å²) < 4.78 is 33.7. The average molecular weight is 425 g/mol. The highest BCUT2D eigenvalue weighted by Gasteiger charge is 2.47. The molecule has 172 valence electrons. The minimum atomic E-state index is -0.778. The highest BCUT2D eigenvalue weighted by atomic mass is 19.1. The van der Waals surface area contributed by atoms with Crippen molar-refractivity contribution >= 4 is 0 Å². The van der Waals surface area contributed by atoms with Crippen LogP contribution in [0.1, 0.15) is 64.2 Å². The number of ether oxygens (including phenoxy) is 3. The molecule has 0 aromatic rings. The highest BCUT2D eigenvalue weighted by Crippen LogP contribution is 2.42. The van der Waals surface area contributed by atoms with E-state index in [1.165, 1.54) is 19.3 Å². The van der Waals surface area contributed by atoms with Crippen LogP contribution in [0.4, 0.5) is 4.39 Å². The Labute approximate surface area is 181 Å². The zero-order valence-corrected chi connectivity index (χ0v) is 18.5. The van der Waals surface area contributed by atoms with Gasteiger partial charge in [-0.05, 0) is 76.2 Å². The monoisotopic (exact) mass is 424 g/mol. The summed E-state index contributed by atoms with van der Waals surface area (Å²) >= 11 is 0. The van der Waals surface area contributed by atoms with Crippen molar-refractivity contribution in [2.45, 2.75) is 94.2 Å². The van der Waals surface area contributed by atoms with Crippen LogP contribution in [0, 0.1) is 11.8 Å². The Balaban J connectivity index is 1.32. The fourth-order valence-electron chi connectivity index (χ4n) is 7.13. The van der Waals surface area contributed by atoms with Crippen molar-refractivity contribution in [1.82, 2.24) is 10.2 Å². The van der Waals surface area contributed by atoms with Crippen molar-refractivity contribution in [1.29, 1.82) is 0 Å². The number of halogens is 1. The van der Waals surface area contributed by atoms with Gasteiger partial charge in [0.1, 0.15) is 6.17 Å². The van der Waals surface area contributed by atoms with Crippen LogP contribution in [0.2, 0.25) is 0 Å². The lowest BCUT2D eigenvalue weighted by Gasteiger charge is -2.52. The molecule has 5 atom stereocenters. The van der Waals surface area contributed by atoms with Gasteiger partial charge < -0.3 is 19.5 Å². The van der Waals surface area contributed by atoms with Crippen molar-refractivity contribution in [3.05, 3.63) is 0 Å². The molecule has 0 amide bonds. The smallest absolute Gasteiger partial charge is 0.126 e. The van der Waals surface area contributed by atoms with Crippen LogP contribution in [0.15, 0.2) is 0 Å². The van der Waals surface area contributed by atoms with Crippen molar-refractivity contribution in [2.75, 3.05) is 46.1 Å². The lowest BCUT2D eigenvalue weighted by atomic mass is 9.71. The number of morpholine rings is 1. The van der Waals surface area contributed by atoms with Gasteiger partial charge in [0, 0.05) is 19.7 Å². The molecule has 2 saturated carbocycles. The molecule has 5 nitrogen and oxygen atoms in total. The summed E-state index contributed by atoms with van der Waals surface area (Å²) in [5, 5.41) is 3.83. The van der Waals surface area contributed by atoms with Crippen LogP contribution in [0.25, 0.3) is 0 Å². The molecule has 2 aliphatic carbocycles. The van der Waals surface area contributed by atoms with Gasteiger partial charge in [-0.3, -0.25) is 4.90 Å². The van der Waals surface area contributed by atoms with Crippen LogP contribution >= 0.6 is 0 Å². The summed E-state index contributed by atoms with van der Waals surface area (Å²) in [7, 11) is 0. The molecule has 4 heterocycles. The van der Waals surface area contributed by atoms with E-state index in [1.54, 1.807) is 0 Å². The molecule has 4 aliphatic heterocycles. The predicted molar refractivity (Wildman–Crippen MR) is 114 cm³/mol. The molecule has 3 unspecified atom stereocenters. The molecule has 6 heteroatoms. The average Bonchev–Trinajstić information content (AvgIpc) is 2.78. The first-order valence-electron chi connectivity index (χ1n) is 12.7. The topological polar surface area (TPSA) is 43.0 Å². The molecule has 0 aromatic heterocycles. The molecule has 0 radical (unpaired) electrons. The normalized spacial score (nSPS) is 46.7. The van der Waals surface area contributed by atoms with E-state index in [2.05, 4.69) is 10.2 Å². The number of alkyl halides is 1. The highest BCUT2D eigenvalue weighted by molar-refractivity contribution is 5.04.